The standard InChI is InChI=1S/C19H22BrN3O3/c1-21-19(22-12-13-10-14(20)4-6-16(13)24-2)23-15-5-7-17-18(11-15)26-9-3-8-25-17/h4-7,10-11H,3,8-9,12H2,1-2H3,(H2,21,22,23). The molecule has 0 bridgehead atoms. The molecule has 2 aromatic rings. The van der Waals surface area contributed by atoms with Gasteiger partial charge in [-0.25, -0.2) is 0 Å². The molecule has 3 rings (SSSR count). The van der Waals surface area contributed by atoms with Gasteiger partial charge in [-0.1, -0.05) is 15.9 Å². The van der Waals surface area contributed by atoms with Gasteiger partial charge in [0.05, 0.1) is 20.3 Å². The first kappa shape index (κ1) is 18.4. The fourth-order valence-electron chi connectivity index (χ4n) is 2.62. The molecule has 1 heterocycles. The number of ether oxygens (including phenoxy) is 3. The van der Waals surface area contributed by atoms with E-state index in [4.69, 9.17) is 14.2 Å². The Bertz CT molecular complexity index is 796. The van der Waals surface area contributed by atoms with Crippen LogP contribution in [0.3, 0.4) is 0 Å². The van der Waals surface area contributed by atoms with Crippen LogP contribution >= 0.6 is 15.9 Å². The summed E-state index contributed by atoms with van der Waals surface area (Å²) in [5.41, 5.74) is 1.91. The van der Waals surface area contributed by atoms with Gasteiger partial charge >= 0.3 is 0 Å². The zero-order chi connectivity index (χ0) is 18.4. The summed E-state index contributed by atoms with van der Waals surface area (Å²) < 4.78 is 17.8. The first-order chi connectivity index (χ1) is 12.7. The van der Waals surface area contributed by atoms with E-state index in [0.717, 1.165) is 39.4 Å². The first-order valence-corrected chi connectivity index (χ1v) is 9.18. The van der Waals surface area contributed by atoms with Crippen molar-refractivity contribution in [1.82, 2.24) is 5.32 Å². The summed E-state index contributed by atoms with van der Waals surface area (Å²) in [6.45, 7) is 1.91. The van der Waals surface area contributed by atoms with E-state index in [0.29, 0.717) is 25.7 Å². The van der Waals surface area contributed by atoms with Gasteiger partial charge in [-0.05, 0) is 30.3 Å². The maximum atomic E-state index is 5.73. The Labute approximate surface area is 161 Å². The van der Waals surface area contributed by atoms with Crippen LogP contribution in [0, 0.1) is 0 Å². The van der Waals surface area contributed by atoms with E-state index in [1.807, 2.05) is 36.4 Å². The molecule has 0 fully saturated rings. The molecule has 0 radical (unpaired) electrons. The van der Waals surface area contributed by atoms with Crippen molar-refractivity contribution in [3.63, 3.8) is 0 Å². The number of fused-ring (bicyclic) bond motifs is 1. The van der Waals surface area contributed by atoms with E-state index in [-0.39, 0.29) is 0 Å². The Balaban J connectivity index is 1.67. The number of guanidine groups is 1. The molecule has 0 aliphatic carbocycles. The van der Waals surface area contributed by atoms with Gasteiger partial charge in [-0.2, -0.15) is 0 Å². The number of aliphatic imine (C=N–C) groups is 1. The molecule has 0 atom stereocenters. The SMILES string of the molecule is CN=C(NCc1cc(Br)ccc1OC)Nc1ccc2c(c1)OCCCO2. The number of hydrogen-bond acceptors (Lipinski definition) is 4. The van der Waals surface area contributed by atoms with Gasteiger partial charge < -0.3 is 24.8 Å². The van der Waals surface area contributed by atoms with Gasteiger partial charge in [-0.15, -0.1) is 0 Å². The highest BCUT2D eigenvalue weighted by Crippen LogP contribution is 2.32. The number of methoxy groups -OCH3 is 1. The van der Waals surface area contributed by atoms with E-state index in [2.05, 4.69) is 31.6 Å². The van der Waals surface area contributed by atoms with Crippen LogP contribution in [-0.2, 0) is 6.54 Å². The Kier molecular flexibility index (Phi) is 6.22. The lowest BCUT2D eigenvalue weighted by Gasteiger charge is -2.15. The lowest BCUT2D eigenvalue weighted by molar-refractivity contribution is 0.297. The van der Waals surface area contributed by atoms with E-state index in [9.17, 15) is 0 Å². The van der Waals surface area contributed by atoms with Crippen LogP contribution in [0.5, 0.6) is 17.2 Å². The van der Waals surface area contributed by atoms with E-state index < -0.39 is 0 Å². The first-order valence-electron chi connectivity index (χ1n) is 8.39. The Morgan fingerprint density at radius 2 is 1.96 bits per heavy atom. The van der Waals surface area contributed by atoms with Gasteiger partial charge in [0.25, 0.3) is 0 Å². The molecule has 0 unspecified atom stereocenters. The molecule has 7 heteroatoms. The van der Waals surface area contributed by atoms with Crippen LogP contribution in [-0.4, -0.2) is 33.3 Å². The van der Waals surface area contributed by atoms with E-state index >= 15 is 0 Å². The number of anilines is 1. The topological polar surface area (TPSA) is 64.1 Å². The maximum Gasteiger partial charge on any atom is 0.195 e. The number of benzene rings is 2. The van der Waals surface area contributed by atoms with Crippen molar-refractivity contribution in [2.45, 2.75) is 13.0 Å². The smallest absolute Gasteiger partial charge is 0.195 e. The zero-order valence-electron chi connectivity index (χ0n) is 14.8. The predicted octanol–water partition coefficient (Wildman–Crippen LogP) is 3.81. The minimum atomic E-state index is 0.576. The number of halogens is 1. The lowest BCUT2D eigenvalue weighted by atomic mass is 10.2. The quantitative estimate of drug-likeness (QED) is 0.582. The van der Waals surface area contributed by atoms with Crippen molar-refractivity contribution < 1.29 is 14.2 Å². The highest BCUT2D eigenvalue weighted by Gasteiger charge is 2.11. The Morgan fingerprint density at radius 1 is 1.15 bits per heavy atom. The van der Waals surface area contributed by atoms with Gasteiger partial charge in [0.15, 0.2) is 17.5 Å². The van der Waals surface area contributed by atoms with Crippen LogP contribution in [0.15, 0.2) is 45.9 Å². The molecular formula is C19H22BrN3O3. The Hall–Kier alpha value is -2.41. The van der Waals surface area contributed by atoms with Gasteiger partial charge in [-0.3, -0.25) is 4.99 Å². The van der Waals surface area contributed by atoms with Gasteiger partial charge in [0.1, 0.15) is 5.75 Å². The largest absolute Gasteiger partial charge is 0.496 e. The molecule has 0 aromatic heterocycles. The molecule has 0 amide bonds. The Morgan fingerprint density at radius 3 is 2.73 bits per heavy atom. The van der Waals surface area contributed by atoms with Crippen molar-refractivity contribution in [2.75, 3.05) is 32.7 Å². The average molecular weight is 420 g/mol. The highest BCUT2D eigenvalue weighted by atomic mass is 79.9. The second kappa shape index (κ2) is 8.80. The number of rotatable bonds is 4. The third-order valence-corrected chi connectivity index (χ3v) is 4.42. The summed E-state index contributed by atoms with van der Waals surface area (Å²) in [4.78, 5) is 4.28. The maximum absolute atomic E-state index is 5.73. The summed E-state index contributed by atoms with van der Waals surface area (Å²) >= 11 is 3.49. The normalized spacial score (nSPS) is 13.7. The lowest BCUT2D eigenvalue weighted by Crippen LogP contribution is -2.30. The third-order valence-electron chi connectivity index (χ3n) is 3.92. The minimum Gasteiger partial charge on any atom is -0.496 e. The molecule has 138 valence electrons. The van der Waals surface area contributed by atoms with Crippen molar-refractivity contribution in [2.24, 2.45) is 4.99 Å². The van der Waals surface area contributed by atoms with Crippen LogP contribution in [0.25, 0.3) is 0 Å². The molecule has 1 aliphatic rings. The van der Waals surface area contributed by atoms with Gasteiger partial charge in [0, 0.05) is 41.8 Å². The fourth-order valence-corrected chi connectivity index (χ4v) is 3.03. The number of nitrogens with zero attached hydrogens (tertiary/aromatic N) is 1. The summed E-state index contributed by atoms with van der Waals surface area (Å²) in [7, 11) is 3.40. The summed E-state index contributed by atoms with van der Waals surface area (Å²) in [5.74, 6) is 3.00. The van der Waals surface area contributed by atoms with E-state index in [1.54, 1.807) is 14.2 Å². The molecule has 0 saturated carbocycles. The van der Waals surface area contributed by atoms with Crippen LogP contribution in [0.2, 0.25) is 0 Å². The molecular weight excluding hydrogens is 398 g/mol. The highest BCUT2D eigenvalue weighted by molar-refractivity contribution is 9.10. The van der Waals surface area contributed by atoms with Crippen molar-refractivity contribution in [3.8, 4) is 17.2 Å². The van der Waals surface area contributed by atoms with Crippen molar-refractivity contribution in [1.29, 1.82) is 0 Å². The minimum absolute atomic E-state index is 0.576. The summed E-state index contributed by atoms with van der Waals surface area (Å²) in [6.07, 6.45) is 0.884. The van der Waals surface area contributed by atoms with Crippen LogP contribution in [0.4, 0.5) is 5.69 Å². The van der Waals surface area contributed by atoms with E-state index in [1.165, 1.54) is 0 Å². The van der Waals surface area contributed by atoms with Crippen LogP contribution in [0.1, 0.15) is 12.0 Å². The monoisotopic (exact) mass is 419 g/mol. The molecule has 2 aromatic carbocycles. The third kappa shape index (κ3) is 4.60. The van der Waals surface area contributed by atoms with Gasteiger partial charge in [0.2, 0.25) is 0 Å². The number of nitrogens with one attached hydrogen (secondary N) is 2. The van der Waals surface area contributed by atoms with Crippen molar-refractivity contribution >= 4 is 27.6 Å². The molecule has 1 aliphatic heterocycles. The summed E-state index contributed by atoms with van der Waals surface area (Å²) in [5, 5.41) is 6.57. The fraction of sp³-hybridized carbons (Fsp3) is 0.316. The molecule has 26 heavy (non-hydrogen) atoms. The molecule has 2 N–H and O–H groups in total. The zero-order valence-corrected chi connectivity index (χ0v) is 16.4. The van der Waals surface area contributed by atoms with Crippen LogP contribution < -0.4 is 24.8 Å². The average Bonchev–Trinajstić information content (AvgIpc) is 2.90. The number of hydrogen-bond donors (Lipinski definition) is 2. The second-order valence-corrected chi connectivity index (χ2v) is 6.63. The molecule has 0 spiro atoms. The second-order valence-electron chi connectivity index (χ2n) is 5.72. The summed E-state index contributed by atoms with van der Waals surface area (Å²) in [6, 6.07) is 11.7. The molecule has 0 saturated heterocycles. The molecule has 6 nitrogen and oxygen atoms in total. The van der Waals surface area contributed by atoms with Crippen molar-refractivity contribution in [3.05, 3.63) is 46.4 Å². The predicted molar refractivity (Wildman–Crippen MR) is 107 cm³/mol.